The van der Waals surface area contributed by atoms with E-state index in [0.29, 0.717) is 16.3 Å². The molecule has 2 N–H and O–H groups in total. The summed E-state index contributed by atoms with van der Waals surface area (Å²) in [6, 6.07) is 14.3. The number of hydrogen-bond acceptors (Lipinski definition) is 4. The quantitative estimate of drug-likeness (QED) is 0.687. The van der Waals surface area contributed by atoms with Gasteiger partial charge < -0.3 is 14.6 Å². The molecule has 0 aliphatic rings. The largest absolute Gasteiger partial charge is 0.438 e. The van der Waals surface area contributed by atoms with Crippen molar-refractivity contribution in [3.05, 3.63) is 64.7 Å². The molecule has 0 saturated heterocycles. The van der Waals surface area contributed by atoms with Gasteiger partial charge in [-0.25, -0.2) is 0 Å². The third-order valence-electron chi connectivity index (χ3n) is 4.23. The first kappa shape index (κ1) is 18.0. The molecule has 0 aliphatic heterocycles. The lowest BCUT2D eigenvalue weighted by Gasteiger charge is -2.21. The molecular formula is C20H20ClN3O2. The molecular weight excluding hydrogens is 350 g/mol. The second kappa shape index (κ2) is 7.62. The van der Waals surface area contributed by atoms with Gasteiger partial charge in [0.2, 0.25) is 5.55 Å². The molecule has 1 aromatic heterocycles. The predicted molar refractivity (Wildman–Crippen MR) is 105 cm³/mol. The minimum atomic E-state index is -0.393. The molecule has 3 aromatic rings. The summed E-state index contributed by atoms with van der Waals surface area (Å²) in [5.41, 5.74) is 2.24. The number of amides is 1. The molecule has 0 spiro atoms. The van der Waals surface area contributed by atoms with Crippen LogP contribution in [0.1, 0.15) is 24.2 Å². The standard InChI is InChI=1S/C20H20ClN3O2/c1-3-24(4-2)16-10-5-13-11-17(19(22)26-18(13)12-16)20(25)23-15-8-6-14(21)7-9-15/h5-12,22H,3-4H2,1-2H3,(H,23,25). The number of anilines is 2. The van der Waals surface area contributed by atoms with Crippen molar-refractivity contribution in [2.75, 3.05) is 23.3 Å². The fraction of sp³-hybridized carbons (Fsp3) is 0.200. The van der Waals surface area contributed by atoms with Gasteiger partial charge in [-0.2, -0.15) is 0 Å². The molecule has 1 amide bonds. The number of halogens is 1. The Morgan fingerprint density at radius 1 is 1.12 bits per heavy atom. The van der Waals surface area contributed by atoms with E-state index in [-0.39, 0.29) is 11.1 Å². The monoisotopic (exact) mass is 369 g/mol. The molecule has 2 aromatic carbocycles. The van der Waals surface area contributed by atoms with Gasteiger partial charge in [-0.1, -0.05) is 11.6 Å². The summed E-state index contributed by atoms with van der Waals surface area (Å²) in [6.07, 6.45) is 0. The third kappa shape index (κ3) is 3.73. The summed E-state index contributed by atoms with van der Waals surface area (Å²) in [6.45, 7) is 5.95. The molecule has 0 radical (unpaired) electrons. The highest BCUT2D eigenvalue weighted by Crippen LogP contribution is 2.22. The minimum Gasteiger partial charge on any atom is -0.438 e. The molecule has 0 atom stereocenters. The number of carbonyl (C=O) groups excluding carboxylic acids is 1. The third-order valence-corrected chi connectivity index (χ3v) is 4.48. The smallest absolute Gasteiger partial charge is 0.261 e. The Morgan fingerprint density at radius 3 is 2.46 bits per heavy atom. The van der Waals surface area contributed by atoms with Gasteiger partial charge in [0.15, 0.2) is 0 Å². The lowest BCUT2D eigenvalue weighted by molar-refractivity contribution is 0.102. The Labute approximate surface area is 156 Å². The van der Waals surface area contributed by atoms with Crippen molar-refractivity contribution in [2.45, 2.75) is 13.8 Å². The predicted octanol–water partition coefficient (Wildman–Crippen LogP) is 4.66. The van der Waals surface area contributed by atoms with Gasteiger partial charge in [0.1, 0.15) is 11.1 Å². The highest BCUT2D eigenvalue weighted by Gasteiger charge is 2.13. The Hall–Kier alpha value is -2.79. The van der Waals surface area contributed by atoms with Crippen LogP contribution in [0.4, 0.5) is 11.4 Å². The molecule has 0 unspecified atom stereocenters. The zero-order chi connectivity index (χ0) is 18.7. The molecule has 0 bridgehead atoms. The number of nitrogens with zero attached hydrogens (tertiary/aromatic N) is 1. The first-order valence-electron chi connectivity index (χ1n) is 8.46. The van der Waals surface area contributed by atoms with Gasteiger partial charge in [0.05, 0.1) is 0 Å². The van der Waals surface area contributed by atoms with Gasteiger partial charge in [-0.3, -0.25) is 10.2 Å². The zero-order valence-corrected chi connectivity index (χ0v) is 15.4. The summed E-state index contributed by atoms with van der Waals surface area (Å²) in [5, 5.41) is 12.2. The maximum Gasteiger partial charge on any atom is 0.261 e. The second-order valence-corrected chi connectivity index (χ2v) is 6.28. The first-order chi connectivity index (χ1) is 12.5. The highest BCUT2D eigenvalue weighted by atomic mass is 35.5. The van der Waals surface area contributed by atoms with Gasteiger partial charge in [-0.15, -0.1) is 0 Å². The second-order valence-electron chi connectivity index (χ2n) is 5.84. The Morgan fingerprint density at radius 2 is 1.81 bits per heavy atom. The summed E-state index contributed by atoms with van der Waals surface area (Å²) >= 11 is 5.85. The van der Waals surface area contributed by atoms with E-state index >= 15 is 0 Å². The van der Waals surface area contributed by atoms with Gasteiger partial charge in [0.25, 0.3) is 5.91 Å². The number of rotatable bonds is 5. The fourth-order valence-electron chi connectivity index (χ4n) is 2.80. The van der Waals surface area contributed by atoms with Crippen LogP contribution in [0.25, 0.3) is 11.0 Å². The van der Waals surface area contributed by atoms with Crippen molar-refractivity contribution in [2.24, 2.45) is 0 Å². The first-order valence-corrected chi connectivity index (χ1v) is 8.84. The number of benzene rings is 2. The average molecular weight is 370 g/mol. The van der Waals surface area contributed by atoms with Crippen molar-refractivity contribution < 1.29 is 9.21 Å². The average Bonchev–Trinajstić information content (AvgIpc) is 2.64. The zero-order valence-electron chi connectivity index (χ0n) is 14.7. The van der Waals surface area contributed by atoms with E-state index in [1.54, 1.807) is 30.3 Å². The van der Waals surface area contributed by atoms with E-state index in [1.165, 1.54) is 0 Å². The van der Waals surface area contributed by atoms with E-state index in [9.17, 15) is 4.79 Å². The van der Waals surface area contributed by atoms with Crippen molar-refractivity contribution in [1.29, 1.82) is 5.41 Å². The van der Waals surface area contributed by atoms with Crippen LogP contribution in [0.2, 0.25) is 5.02 Å². The summed E-state index contributed by atoms with van der Waals surface area (Å²) in [5.74, 6) is -0.393. The molecule has 134 valence electrons. The number of hydrogen-bond donors (Lipinski definition) is 2. The molecule has 0 fully saturated rings. The van der Waals surface area contributed by atoms with E-state index < -0.39 is 5.91 Å². The van der Waals surface area contributed by atoms with E-state index in [0.717, 1.165) is 24.2 Å². The van der Waals surface area contributed by atoms with Crippen molar-refractivity contribution in [3.8, 4) is 0 Å². The lowest BCUT2D eigenvalue weighted by Crippen LogP contribution is -2.22. The summed E-state index contributed by atoms with van der Waals surface area (Å²) in [7, 11) is 0. The van der Waals surface area contributed by atoms with Crippen LogP contribution in [-0.4, -0.2) is 19.0 Å². The van der Waals surface area contributed by atoms with Crippen LogP contribution in [0.15, 0.2) is 52.9 Å². The molecule has 3 rings (SSSR count). The Kier molecular flexibility index (Phi) is 5.28. The van der Waals surface area contributed by atoms with Crippen molar-refractivity contribution >= 4 is 39.9 Å². The molecule has 6 heteroatoms. The van der Waals surface area contributed by atoms with Gasteiger partial charge in [-0.05, 0) is 56.3 Å². The molecule has 1 heterocycles. The van der Waals surface area contributed by atoms with Crippen LogP contribution < -0.4 is 15.8 Å². The normalized spacial score (nSPS) is 10.7. The fourth-order valence-corrected chi connectivity index (χ4v) is 2.93. The minimum absolute atomic E-state index is 0.166. The maximum atomic E-state index is 12.5. The summed E-state index contributed by atoms with van der Waals surface area (Å²) < 4.78 is 5.61. The van der Waals surface area contributed by atoms with Crippen LogP contribution >= 0.6 is 11.6 Å². The molecule has 0 aliphatic carbocycles. The lowest BCUT2D eigenvalue weighted by atomic mass is 10.1. The number of nitrogens with one attached hydrogen (secondary N) is 2. The van der Waals surface area contributed by atoms with Crippen LogP contribution in [0, 0.1) is 5.41 Å². The molecule has 5 nitrogen and oxygen atoms in total. The number of fused-ring (bicyclic) bond motifs is 1. The van der Waals surface area contributed by atoms with Crippen LogP contribution in [-0.2, 0) is 0 Å². The van der Waals surface area contributed by atoms with E-state index in [4.69, 9.17) is 21.4 Å². The Balaban J connectivity index is 1.93. The van der Waals surface area contributed by atoms with Gasteiger partial charge >= 0.3 is 0 Å². The Bertz CT molecular complexity index is 992. The molecule has 0 saturated carbocycles. The van der Waals surface area contributed by atoms with Gasteiger partial charge in [0, 0.05) is 40.9 Å². The SMILES string of the molecule is CCN(CC)c1ccc2cc(C(=O)Nc3ccc(Cl)cc3)c(=N)oc2c1. The van der Waals surface area contributed by atoms with Crippen molar-refractivity contribution in [1.82, 2.24) is 0 Å². The van der Waals surface area contributed by atoms with E-state index in [1.807, 2.05) is 18.2 Å². The van der Waals surface area contributed by atoms with Crippen molar-refractivity contribution in [3.63, 3.8) is 0 Å². The summed E-state index contributed by atoms with van der Waals surface area (Å²) in [4.78, 5) is 14.7. The maximum absolute atomic E-state index is 12.5. The topological polar surface area (TPSA) is 69.3 Å². The highest BCUT2D eigenvalue weighted by molar-refractivity contribution is 6.30. The van der Waals surface area contributed by atoms with Crippen LogP contribution in [0.3, 0.4) is 0 Å². The van der Waals surface area contributed by atoms with E-state index in [2.05, 4.69) is 24.1 Å². The molecule has 26 heavy (non-hydrogen) atoms. The number of carbonyl (C=O) groups is 1. The van der Waals surface area contributed by atoms with Crippen LogP contribution in [0.5, 0.6) is 0 Å².